The molecule has 2 heterocycles. The summed E-state index contributed by atoms with van der Waals surface area (Å²) in [7, 11) is 0. The molecule has 0 unspecified atom stereocenters. The summed E-state index contributed by atoms with van der Waals surface area (Å²) >= 11 is 0. The van der Waals surface area contributed by atoms with Crippen molar-refractivity contribution in [3.8, 4) is 5.75 Å². The van der Waals surface area contributed by atoms with Crippen molar-refractivity contribution in [3.05, 3.63) is 28.3 Å². The van der Waals surface area contributed by atoms with Crippen LogP contribution in [0, 0.1) is 6.92 Å². The molecule has 6 nitrogen and oxygen atoms in total. The molecular weight excluding hydrogens is 248 g/mol. The highest BCUT2D eigenvalue weighted by Crippen LogP contribution is 2.17. The lowest BCUT2D eigenvalue weighted by Crippen LogP contribution is -2.58. The molecule has 1 fully saturated rings. The van der Waals surface area contributed by atoms with Crippen LogP contribution in [0.2, 0.25) is 0 Å². The molecule has 2 rings (SSSR count). The Labute approximate surface area is 111 Å². The number of rotatable bonds is 4. The predicted octanol–water partition coefficient (Wildman–Crippen LogP) is 1.13. The number of urea groups is 1. The number of hydrogen-bond donors (Lipinski definition) is 1. The van der Waals surface area contributed by atoms with Gasteiger partial charge in [-0.25, -0.2) is 9.59 Å². The quantitative estimate of drug-likeness (QED) is 0.886. The van der Waals surface area contributed by atoms with E-state index in [1.54, 1.807) is 17.9 Å². The van der Waals surface area contributed by atoms with Crippen LogP contribution in [-0.2, 0) is 0 Å². The van der Waals surface area contributed by atoms with Gasteiger partial charge < -0.3 is 19.4 Å². The number of carbonyl (C=O) groups is 1. The average molecular weight is 266 g/mol. The van der Waals surface area contributed by atoms with E-state index in [1.807, 2.05) is 6.92 Å². The van der Waals surface area contributed by atoms with Crippen molar-refractivity contribution >= 4 is 6.03 Å². The molecular formula is C13H18N2O4. The molecule has 0 spiro atoms. The molecule has 1 aromatic rings. The molecule has 1 aromatic heterocycles. The molecule has 1 N–H and O–H groups in total. The summed E-state index contributed by atoms with van der Waals surface area (Å²) in [6.07, 6.45) is 0.854. The van der Waals surface area contributed by atoms with E-state index in [0.717, 1.165) is 6.42 Å². The Morgan fingerprint density at radius 2 is 2.26 bits per heavy atom. The summed E-state index contributed by atoms with van der Waals surface area (Å²) in [5, 5.41) is 2.80. The number of likely N-dealkylation sites (tertiary alicyclic amines) is 1. The number of nitrogens with one attached hydrogen (secondary N) is 1. The van der Waals surface area contributed by atoms with E-state index in [4.69, 9.17) is 9.15 Å². The monoisotopic (exact) mass is 266 g/mol. The highest BCUT2D eigenvalue weighted by atomic mass is 16.5. The fourth-order valence-corrected chi connectivity index (χ4v) is 1.86. The van der Waals surface area contributed by atoms with Crippen molar-refractivity contribution in [3.63, 3.8) is 0 Å². The Hall–Kier alpha value is -1.98. The van der Waals surface area contributed by atoms with Crippen LogP contribution in [0.3, 0.4) is 0 Å². The number of ether oxygens (including phenoxy) is 1. The summed E-state index contributed by atoms with van der Waals surface area (Å²) in [5.41, 5.74) is -0.424. The molecule has 6 heteroatoms. The second kappa shape index (κ2) is 5.77. The van der Waals surface area contributed by atoms with Crippen molar-refractivity contribution in [2.45, 2.75) is 26.4 Å². The van der Waals surface area contributed by atoms with Gasteiger partial charge in [-0.2, -0.15) is 0 Å². The van der Waals surface area contributed by atoms with Crippen LogP contribution in [-0.4, -0.2) is 36.7 Å². The van der Waals surface area contributed by atoms with E-state index < -0.39 is 5.63 Å². The van der Waals surface area contributed by atoms with E-state index in [0.29, 0.717) is 31.1 Å². The Morgan fingerprint density at radius 3 is 2.89 bits per heavy atom. The molecule has 19 heavy (non-hydrogen) atoms. The largest absolute Gasteiger partial charge is 0.486 e. The van der Waals surface area contributed by atoms with Crippen molar-refractivity contribution < 1.29 is 13.9 Å². The van der Waals surface area contributed by atoms with Crippen LogP contribution in [0.1, 0.15) is 19.1 Å². The second-order valence-electron chi connectivity index (χ2n) is 4.60. The Morgan fingerprint density at radius 1 is 1.53 bits per heavy atom. The minimum Gasteiger partial charge on any atom is -0.486 e. The summed E-state index contributed by atoms with van der Waals surface area (Å²) in [6, 6.07) is 2.92. The normalized spacial score (nSPS) is 14.9. The van der Waals surface area contributed by atoms with Gasteiger partial charge in [-0.3, -0.25) is 0 Å². The van der Waals surface area contributed by atoms with Gasteiger partial charge in [0.2, 0.25) is 0 Å². The van der Waals surface area contributed by atoms with Gasteiger partial charge >= 0.3 is 11.7 Å². The van der Waals surface area contributed by atoms with Gasteiger partial charge in [0, 0.05) is 12.6 Å². The lowest BCUT2D eigenvalue weighted by Gasteiger charge is -2.38. The molecule has 0 bridgehead atoms. The Balaban J connectivity index is 1.81. The molecule has 1 saturated heterocycles. The third-order valence-corrected chi connectivity index (χ3v) is 2.83. The molecule has 1 aliphatic heterocycles. The van der Waals surface area contributed by atoms with Gasteiger partial charge in [0.15, 0.2) is 0 Å². The van der Waals surface area contributed by atoms with E-state index in [-0.39, 0.29) is 12.1 Å². The maximum absolute atomic E-state index is 11.6. The van der Waals surface area contributed by atoms with Crippen molar-refractivity contribution in [2.75, 3.05) is 19.6 Å². The number of aryl methyl sites for hydroxylation is 1. The summed E-state index contributed by atoms with van der Waals surface area (Å²) in [5.74, 6) is 1.01. The molecule has 0 aliphatic carbocycles. The van der Waals surface area contributed by atoms with Gasteiger partial charge in [0.1, 0.15) is 17.6 Å². The summed E-state index contributed by atoms with van der Waals surface area (Å²) < 4.78 is 10.5. The zero-order valence-corrected chi connectivity index (χ0v) is 11.1. The Kier molecular flexibility index (Phi) is 4.09. The van der Waals surface area contributed by atoms with Gasteiger partial charge in [-0.05, 0) is 13.3 Å². The predicted molar refractivity (Wildman–Crippen MR) is 69.4 cm³/mol. The maximum Gasteiger partial charge on any atom is 0.339 e. The first-order chi connectivity index (χ1) is 9.08. The molecule has 1 aliphatic rings. The van der Waals surface area contributed by atoms with E-state index >= 15 is 0 Å². The first kappa shape index (κ1) is 13.5. The minimum atomic E-state index is -0.424. The van der Waals surface area contributed by atoms with E-state index in [9.17, 15) is 9.59 Å². The van der Waals surface area contributed by atoms with Crippen LogP contribution in [0.15, 0.2) is 21.3 Å². The zero-order valence-electron chi connectivity index (χ0n) is 11.1. The topological polar surface area (TPSA) is 71.8 Å². The lowest BCUT2D eigenvalue weighted by atomic mass is 10.2. The maximum atomic E-state index is 11.6. The van der Waals surface area contributed by atoms with Crippen molar-refractivity contribution in [1.82, 2.24) is 10.2 Å². The third-order valence-electron chi connectivity index (χ3n) is 2.83. The third kappa shape index (κ3) is 3.49. The van der Waals surface area contributed by atoms with Gasteiger partial charge in [-0.1, -0.05) is 6.92 Å². The molecule has 0 radical (unpaired) electrons. The number of hydrogen-bond acceptors (Lipinski definition) is 4. The smallest absolute Gasteiger partial charge is 0.339 e. The van der Waals surface area contributed by atoms with Crippen molar-refractivity contribution in [2.24, 2.45) is 0 Å². The number of amides is 2. The van der Waals surface area contributed by atoms with E-state index in [2.05, 4.69) is 5.32 Å². The lowest BCUT2D eigenvalue weighted by molar-refractivity contribution is 0.0440. The first-order valence-electron chi connectivity index (χ1n) is 6.39. The second-order valence-corrected chi connectivity index (χ2v) is 4.60. The molecule has 0 atom stereocenters. The highest BCUT2D eigenvalue weighted by molar-refractivity contribution is 5.75. The SMILES string of the molecule is CCCNC(=O)N1CC(Oc2cc(C)oc(=O)c2)C1. The van der Waals surface area contributed by atoms with Gasteiger partial charge in [0.25, 0.3) is 0 Å². The standard InChI is InChI=1S/C13H18N2O4/c1-3-4-14-13(17)15-7-11(8-15)19-10-5-9(2)18-12(16)6-10/h5-6,11H,3-4,7-8H2,1-2H3,(H,14,17). The zero-order chi connectivity index (χ0) is 13.8. The number of nitrogens with zero attached hydrogens (tertiary/aromatic N) is 1. The van der Waals surface area contributed by atoms with Crippen LogP contribution >= 0.6 is 0 Å². The molecule has 0 aromatic carbocycles. The van der Waals surface area contributed by atoms with Crippen LogP contribution in [0.25, 0.3) is 0 Å². The van der Waals surface area contributed by atoms with Crippen LogP contribution < -0.4 is 15.7 Å². The summed E-state index contributed by atoms with van der Waals surface area (Å²) in [6.45, 7) is 5.45. The highest BCUT2D eigenvalue weighted by Gasteiger charge is 2.32. The minimum absolute atomic E-state index is 0.0615. The van der Waals surface area contributed by atoms with Gasteiger partial charge in [0.05, 0.1) is 19.2 Å². The Bertz CT molecular complexity index is 506. The van der Waals surface area contributed by atoms with Crippen LogP contribution in [0.4, 0.5) is 4.79 Å². The number of carbonyl (C=O) groups excluding carboxylic acids is 1. The van der Waals surface area contributed by atoms with Crippen molar-refractivity contribution in [1.29, 1.82) is 0 Å². The van der Waals surface area contributed by atoms with Gasteiger partial charge in [-0.15, -0.1) is 0 Å². The van der Waals surface area contributed by atoms with E-state index in [1.165, 1.54) is 6.07 Å². The fourth-order valence-electron chi connectivity index (χ4n) is 1.86. The van der Waals surface area contributed by atoms with Crippen LogP contribution in [0.5, 0.6) is 5.75 Å². The fraction of sp³-hybridized carbons (Fsp3) is 0.538. The molecule has 0 saturated carbocycles. The average Bonchev–Trinajstić information content (AvgIpc) is 2.29. The molecule has 2 amide bonds. The summed E-state index contributed by atoms with van der Waals surface area (Å²) in [4.78, 5) is 24.4. The molecule has 104 valence electrons. The first-order valence-corrected chi connectivity index (χ1v) is 6.39.